The van der Waals surface area contributed by atoms with Gasteiger partial charge in [-0.1, -0.05) is 121 Å². The van der Waals surface area contributed by atoms with E-state index in [1.54, 1.807) is 0 Å². The Morgan fingerprint density at radius 1 is 0.413 bits per heavy atom. The van der Waals surface area contributed by atoms with Gasteiger partial charge in [0.1, 0.15) is 11.2 Å². The minimum atomic E-state index is 0.495. The van der Waals surface area contributed by atoms with E-state index in [4.69, 9.17) is 31.0 Å². The Morgan fingerprint density at radius 2 is 0.978 bits per heavy atom. The fourth-order valence-corrected chi connectivity index (χ4v) is 6.52. The van der Waals surface area contributed by atoms with E-state index in [1.165, 1.54) is 11.1 Å². The second-order valence-corrected chi connectivity index (χ2v) is 11.8. The second kappa shape index (κ2) is 10.7. The van der Waals surface area contributed by atoms with Gasteiger partial charge in [0.05, 0.1) is 5.02 Å². The van der Waals surface area contributed by atoms with Gasteiger partial charge in [-0.05, 0) is 69.1 Å². The maximum absolute atomic E-state index is 6.97. The molecule has 9 rings (SSSR count). The van der Waals surface area contributed by atoms with E-state index in [0.717, 1.165) is 60.2 Å². The first-order valence-electron chi connectivity index (χ1n) is 15.1. The third-order valence-electron chi connectivity index (χ3n) is 8.56. The molecule has 0 aliphatic heterocycles. The van der Waals surface area contributed by atoms with E-state index in [2.05, 4.69) is 91.0 Å². The van der Waals surface area contributed by atoms with Crippen LogP contribution in [0.25, 0.3) is 88.8 Å². The summed E-state index contributed by atoms with van der Waals surface area (Å²) >= 11 is 6.97. The molecule has 0 unspecified atom stereocenters. The van der Waals surface area contributed by atoms with Gasteiger partial charge in [0.15, 0.2) is 17.5 Å². The van der Waals surface area contributed by atoms with Crippen molar-refractivity contribution in [3.05, 3.63) is 151 Å². The number of aromatic nitrogens is 3. The second-order valence-electron chi connectivity index (χ2n) is 11.4. The fourth-order valence-electron chi connectivity index (χ4n) is 6.28. The lowest BCUT2D eigenvalue weighted by atomic mass is 10.00. The standard InChI is InChI=1S/C41H24ClN3O/c42-34-20-21-36-37(33-12-6-7-13-35(33)46-36)38(34)41-44-39(31-18-14-26-10-4-5-11-27(26)23-31)43-40(45-41)32-19-17-29-22-28(15-16-30(29)24-32)25-8-2-1-3-9-25/h1-24H. The summed E-state index contributed by atoms with van der Waals surface area (Å²) in [6, 6.07) is 49.6. The predicted molar refractivity (Wildman–Crippen MR) is 189 cm³/mol. The number of furan rings is 1. The summed E-state index contributed by atoms with van der Waals surface area (Å²) < 4.78 is 6.21. The van der Waals surface area contributed by atoms with Crippen molar-refractivity contribution in [3.8, 4) is 45.3 Å². The molecule has 0 radical (unpaired) electrons. The Labute approximate surface area is 269 Å². The lowest BCUT2D eigenvalue weighted by Crippen LogP contribution is -2.01. The first-order valence-corrected chi connectivity index (χ1v) is 15.5. The summed E-state index contributed by atoms with van der Waals surface area (Å²) in [5.41, 5.74) is 6.40. The highest BCUT2D eigenvalue weighted by atomic mass is 35.5. The van der Waals surface area contributed by atoms with Crippen LogP contribution in [0.4, 0.5) is 0 Å². The largest absolute Gasteiger partial charge is 0.456 e. The van der Waals surface area contributed by atoms with Crippen LogP contribution in [0.5, 0.6) is 0 Å². The molecule has 0 saturated carbocycles. The number of hydrogen-bond acceptors (Lipinski definition) is 4. The molecule has 2 aromatic heterocycles. The zero-order chi connectivity index (χ0) is 30.6. The Balaban J connectivity index is 1.26. The van der Waals surface area contributed by atoms with Crippen LogP contribution in [0.2, 0.25) is 5.02 Å². The average Bonchev–Trinajstić information content (AvgIpc) is 3.50. The van der Waals surface area contributed by atoms with Gasteiger partial charge in [-0.25, -0.2) is 15.0 Å². The SMILES string of the molecule is Clc1ccc2oc3ccccc3c2c1-c1nc(-c2ccc3ccccc3c2)nc(-c2ccc3cc(-c4ccccc4)ccc3c2)n1. The van der Waals surface area contributed by atoms with Crippen LogP contribution in [0.15, 0.2) is 150 Å². The van der Waals surface area contributed by atoms with E-state index >= 15 is 0 Å². The minimum Gasteiger partial charge on any atom is -0.456 e. The zero-order valence-corrected chi connectivity index (χ0v) is 25.2. The van der Waals surface area contributed by atoms with Gasteiger partial charge in [0.25, 0.3) is 0 Å². The fraction of sp³-hybridized carbons (Fsp3) is 0. The number of fused-ring (bicyclic) bond motifs is 5. The predicted octanol–water partition coefficient (Wildman–Crippen LogP) is 11.4. The van der Waals surface area contributed by atoms with Crippen LogP contribution >= 0.6 is 11.6 Å². The third-order valence-corrected chi connectivity index (χ3v) is 8.88. The molecule has 4 nitrogen and oxygen atoms in total. The summed E-state index contributed by atoms with van der Waals surface area (Å²) in [5.74, 6) is 1.64. The molecule has 9 aromatic rings. The van der Waals surface area contributed by atoms with Gasteiger partial charge in [-0.15, -0.1) is 0 Å². The topological polar surface area (TPSA) is 51.8 Å². The van der Waals surface area contributed by atoms with Crippen molar-refractivity contribution in [1.29, 1.82) is 0 Å². The number of para-hydroxylation sites is 1. The Kier molecular flexibility index (Phi) is 6.15. The first kappa shape index (κ1) is 26.6. The van der Waals surface area contributed by atoms with E-state index in [9.17, 15) is 0 Å². The quantitative estimate of drug-likeness (QED) is 0.199. The maximum atomic E-state index is 6.97. The smallest absolute Gasteiger partial charge is 0.166 e. The number of halogens is 1. The number of hydrogen-bond donors (Lipinski definition) is 0. The highest BCUT2D eigenvalue weighted by Gasteiger charge is 2.20. The zero-order valence-electron chi connectivity index (χ0n) is 24.5. The summed E-state index contributed by atoms with van der Waals surface area (Å²) in [6.45, 7) is 0. The molecule has 216 valence electrons. The van der Waals surface area contributed by atoms with Crippen molar-refractivity contribution in [3.63, 3.8) is 0 Å². The molecule has 2 heterocycles. The van der Waals surface area contributed by atoms with Crippen molar-refractivity contribution in [1.82, 2.24) is 15.0 Å². The van der Waals surface area contributed by atoms with E-state index in [-0.39, 0.29) is 0 Å². The lowest BCUT2D eigenvalue weighted by molar-refractivity contribution is 0.669. The molecule has 7 aromatic carbocycles. The summed E-state index contributed by atoms with van der Waals surface area (Å²) in [7, 11) is 0. The number of rotatable bonds is 4. The molecule has 0 N–H and O–H groups in total. The molecule has 0 saturated heterocycles. The van der Waals surface area contributed by atoms with Crippen LogP contribution in [0.3, 0.4) is 0 Å². The maximum Gasteiger partial charge on any atom is 0.166 e. The molecule has 0 amide bonds. The van der Waals surface area contributed by atoms with Gasteiger partial charge >= 0.3 is 0 Å². The monoisotopic (exact) mass is 609 g/mol. The summed E-state index contributed by atoms with van der Waals surface area (Å²) in [6.07, 6.45) is 0. The average molecular weight is 610 g/mol. The first-order chi connectivity index (χ1) is 22.7. The van der Waals surface area contributed by atoms with Crippen molar-refractivity contribution in [2.45, 2.75) is 0 Å². The van der Waals surface area contributed by atoms with Gasteiger partial charge in [0, 0.05) is 27.5 Å². The van der Waals surface area contributed by atoms with Gasteiger partial charge < -0.3 is 4.42 Å². The van der Waals surface area contributed by atoms with Crippen LogP contribution in [0.1, 0.15) is 0 Å². The van der Waals surface area contributed by atoms with Gasteiger partial charge in [-0.3, -0.25) is 0 Å². The van der Waals surface area contributed by atoms with Crippen LogP contribution in [0, 0.1) is 0 Å². The van der Waals surface area contributed by atoms with E-state index in [0.29, 0.717) is 22.5 Å². The summed E-state index contributed by atoms with van der Waals surface area (Å²) in [4.78, 5) is 15.2. The van der Waals surface area contributed by atoms with E-state index < -0.39 is 0 Å². The highest BCUT2D eigenvalue weighted by molar-refractivity contribution is 6.35. The molecule has 0 fully saturated rings. The summed E-state index contributed by atoms with van der Waals surface area (Å²) in [5, 5.41) is 6.92. The normalized spacial score (nSPS) is 11.6. The van der Waals surface area contributed by atoms with E-state index in [1.807, 2.05) is 54.6 Å². The Hall–Kier alpha value is -5.84. The van der Waals surface area contributed by atoms with Gasteiger partial charge in [-0.2, -0.15) is 0 Å². The molecular weight excluding hydrogens is 586 g/mol. The van der Waals surface area contributed by atoms with Crippen LogP contribution in [-0.4, -0.2) is 15.0 Å². The number of benzene rings is 7. The molecule has 5 heteroatoms. The van der Waals surface area contributed by atoms with Crippen molar-refractivity contribution < 1.29 is 4.42 Å². The Bertz CT molecular complexity index is 2610. The van der Waals surface area contributed by atoms with Crippen molar-refractivity contribution in [2.24, 2.45) is 0 Å². The Morgan fingerprint density at radius 3 is 1.74 bits per heavy atom. The van der Waals surface area contributed by atoms with Gasteiger partial charge in [0.2, 0.25) is 0 Å². The minimum absolute atomic E-state index is 0.495. The third kappa shape index (κ3) is 4.50. The van der Waals surface area contributed by atoms with Crippen LogP contribution in [-0.2, 0) is 0 Å². The molecule has 0 aliphatic carbocycles. The van der Waals surface area contributed by atoms with Crippen molar-refractivity contribution >= 4 is 55.1 Å². The molecule has 0 bridgehead atoms. The molecular formula is C41H24ClN3O. The highest BCUT2D eigenvalue weighted by Crippen LogP contribution is 2.40. The molecule has 0 aliphatic rings. The van der Waals surface area contributed by atoms with Crippen LogP contribution < -0.4 is 0 Å². The molecule has 0 spiro atoms. The molecule has 0 atom stereocenters. The molecule has 46 heavy (non-hydrogen) atoms. The number of nitrogens with zero attached hydrogens (tertiary/aromatic N) is 3. The lowest BCUT2D eigenvalue weighted by Gasteiger charge is -2.11. The van der Waals surface area contributed by atoms with Crippen molar-refractivity contribution in [2.75, 3.05) is 0 Å².